The first kappa shape index (κ1) is 42.9. The topological polar surface area (TPSA) is 61.3 Å². The first-order chi connectivity index (χ1) is 15.0. The molecule has 0 unspecified atom stereocenters. The largest absolute Gasteiger partial charge is 0.497 e. The molecule has 31 heavy (non-hydrogen) atoms. The van der Waals surface area contributed by atoms with Crippen LogP contribution in [0.3, 0.4) is 0 Å². The van der Waals surface area contributed by atoms with Crippen LogP contribution >= 0.6 is 0 Å². The van der Waals surface area contributed by atoms with E-state index in [4.69, 9.17) is 4.74 Å². The minimum Gasteiger partial charge on any atom is -0.497 e. The highest BCUT2D eigenvalue weighted by Gasteiger charge is 1.93. The first-order valence-corrected chi connectivity index (χ1v) is 11.4. The van der Waals surface area contributed by atoms with Crippen LogP contribution in [-0.2, 0) is 4.74 Å². The summed E-state index contributed by atoms with van der Waals surface area (Å²) in [5.41, 5.74) is 1.41. The summed E-state index contributed by atoms with van der Waals surface area (Å²) in [6.07, 6.45) is 10.8. The minimum absolute atomic E-state index is 0.659. The zero-order chi connectivity index (χ0) is 25.9. The lowest BCUT2D eigenvalue weighted by Gasteiger charge is -2.01. The van der Waals surface area contributed by atoms with E-state index in [0.29, 0.717) is 5.92 Å². The highest BCUT2D eigenvalue weighted by atomic mass is 16.5. The Balaban J connectivity index is -0.0000000651. The number of methoxy groups -OCH3 is 1. The Morgan fingerprint density at radius 1 is 0.935 bits per heavy atom. The first-order valence-electron chi connectivity index (χ1n) is 11.4. The van der Waals surface area contributed by atoms with Crippen LogP contribution in [0.1, 0.15) is 93.1 Å². The Bertz CT molecular complexity index is 436. The van der Waals surface area contributed by atoms with Gasteiger partial charge >= 0.3 is 0 Å². The van der Waals surface area contributed by atoms with Crippen molar-refractivity contribution in [2.45, 2.75) is 87.5 Å². The van der Waals surface area contributed by atoms with Crippen molar-refractivity contribution in [1.29, 1.82) is 0 Å². The van der Waals surface area contributed by atoms with E-state index < -0.39 is 0 Å². The van der Waals surface area contributed by atoms with E-state index >= 15 is 0 Å². The van der Waals surface area contributed by atoms with Crippen molar-refractivity contribution in [2.75, 3.05) is 7.11 Å². The fourth-order valence-corrected chi connectivity index (χ4v) is 1.53. The number of benzene rings is 1. The van der Waals surface area contributed by atoms with Crippen LogP contribution in [0, 0.1) is 0 Å². The third kappa shape index (κ3) is 52.4. The van der Waals surface area contributed by atoms with E-state index in [1.165, 1.54) is 24.8 Å². The summed E-state index contributed by atoms with van der Waals surface area (Å²) >= 11 is 0. The van der Waals surface area contributed by atoms with Gasteiger partial charge in [-0.1, -0.05) is 130 Å². The average Bonchev–Trinajstić information content (AvgIpc) is 2.84. The van der Waals surface area contributed by atoms with Gasteiger partial charge in [0.15, 0.2) is 0 Å². The SMILES string of the molecule is C=C/C=C(\C=C)OC.C=CC.CC.CC.CC(C)c1ccccc1.CCCCC.NN. The summed E-state index contributed by atoms with van der Waals surface area (Å²) < 4.78 is 4.81. The van der Waals surface area contributed by atoms with Crippen molar-refractivity contribution < 1.29 is 4.74 Å². The molecule has 0 aliphatic rings. The van der Waals surface area contributed by atoms with E-state index in [0.717, 1.165) is 5.76 Å². The summed E-state index contributed by atoms with van der Waals surface area (Å²) in [6.45, 7) is 29.1. The number of nitrogens with two attached hydrogens (primary N) is 2. The maximum Gasteiger partial charge on any atom is 0.118 e. The van der Waals surface area contributed by atoms with Crippen LogP contribution in [-0.4, -0.2) is 7.11 Å². The molecule has 0 amide bonds. The maximum atomic E-state index is 4.81. The van der Waals surface area contributed by atoms with Gasteiger partial charge in [-0.05, 0) is 30.6 Å². The van der Waals surface area contributed by atoms with Gasteiger partial charge in [0.1, 0.15) is 5.76 Å². The average molecular weight is 437 g/mol. The number of hydrogen-bond donors (Lipinski definition) is 2. The van der Waals surface area contributed by atoms with Gasteiger partial charge in [-0.3, -0.25) is 11.7 Å². The van der Waals surface area contributed by atoms with Crippen LogP contribution in [0.25, 0.3) is 0 Å². The summed E-state index contributed by atoms with van der Waals surface area (Å²) in [7, 11) is 1.59. The van der Waals surface area contributed by atoms with E-state index in [2.05, 4.69) is 83.4 Å². The molecule has 0 aliphatic heterocycles. The van der Waals surface area contributed by atoms with Crippen molar-refractivity contribution in [2.24, 2.45) is 11.7 Å². The minimum atomic E-state index is 0.659. The monoisotopic (exact) mass is 436 g/mol. The highest BCUT2D eigenvalue weighted by molar-refractivity contribution is 5.17. The summed E-state index contributed by atoms with van der Waals surface area (Å²) in [6, 6.07) is 10.5. The number of ether oxygens (including phenoxy) is 1. The molecule has 0 fully saturated rings. The zero-order valence-electron chi connectivity index (χ0n) is 22.6. The molecule has 0 aliphatic carbocycles. The number of unbranched alkanes of at least 4 members (excludes halogenated alkanes) is 2. The Labute approximate surface area is 197 Å². The van der Waals surface area contributed by atoms with Crippen molar-refractivity contribution in [3.63, 3.8) is 0 Å². The van der Waals surface area contributed by atoms with Gasteiger partial charge < -0.3 is 4.74 Å². The van der Waals surface area contributed by atoms with Crippen LogP contribution in [0.15, 0.2) is 80.1 Å². The quantitative estimate of drug-likeness (QED) is 0.154. The molecule has 1 rings (SSSR count). The molecule has 0 spiro atoms. The molecule has 0 saturated carbocycles. The molecule has 184 valence electrons. The number of hydrogen-bond acceptors (Lipinski definition) is 3. The molecule has 3 heteroatoms. The van der Waals surface area contributed by atoms with E-state index in [9.17, 15) is 0 Å². The van der Waals surface area contributed by atoms with Gasteiger partial charge in [0.25, 0.3) is 0 Å². The zero-order valence-corrected chi connectivity index (χ0v) is 22.6. The van der Waals surface area contributed by atoms with Crippen LogP contribution in [0.4, 0.5) is 0 Å². The molecule has 0 aromatic heterocycles. The third-order valence-corrected chi connectivity index (χ3v) is 2.89. The Hall–Kier alpha value is -2.10. The summed E-state index contributed by atoms with van der Waals surface area (Å²) in [4.78, 5) is 0. The van der Waals surface area contributed by atoms with Gasteiger partial charge in [-0.25, -0.2) is 0 Å². The highest BCUT2D eigenvalue weighted by Crippen LogP contribution is 2.11. The van der Waals surface area contributed by atoms with E-state index in [1.54, 1.807) is 31.4 Å². The van der Waals surface area contributed by atoms with Gasteiger partial charge in [-0.2, -0.15) is 0 Å². The number of rotatable bonds is 6. The molecule has 0 radical (unpaired) electrons. The molecule has 0 bridgehead atoms. The smallest absolute Gasteiger partial charge is 0.118 e. The van der Waals surface area contributed by atoms with E-state index in [-0.39, 0.29) is 0 Å². The molecule has 0 atom stereocenters. The maximum absolute atomic E-state index is 4.81. The van der Waals surface area contributed by atoms with Crippen molar-refractivity contribution >= 4 is 0 Å². The molecule has 0 heterocycles. The molecule has 1 aromatic rings. The van der Waals surface area contributed by atoms with Crippen molar-refractivity contribution in [1.82, 2.24) is 0 Å². The summed E-state index contributed by atoms with van der Waals surface area (Å²) in [5, 5.41) is 0. The fourth-order valence-electron chi connectivity index (χ4n) is 1.53. The molecule has 0 saturated heterocycles. The molecule has 1 aromatic carbocycles. The Morgan fingerprint density at radius 2 is 1.32 bits per heavy atom. The molecular weight excluding hydrogens is 380 g/mol. The number of hydrazine groups is 1. The van der Waals surface area contributed by atoms with Gasteiger partial charge in [0, 0.05) is 0 Å². The van der Waals surface area contributed by atoms with Crippen LogP contribution in [0.5, 0.6) is 0 Å². The normalized spacial score (nSPS) is 7.97. The van der Waals surface area contributed by atoms with Gasteiger partial charge in [0.2, 0.25) is 0 Å². The molecular formula is C28H56N2O. The Morgan fingerprint density at radius 3 is 1.45 bits per heavy atom. The molecule has 3 nitrogen and oxygen atoms in total. The fraction of sp³-hybridized carbons (Fsp3) is 0.500. The second-order valence-corrected chi connectivity index (χ2v) is 5.54. The predicted octanol–water partition coefficient (Wildman–Crippen LogP) is 8.96. The molecule has 4 N–H and O–H groups in total. The second-order valence-electron chi connectivity index (χ2n) is 5.54. The van der Waals surface area contributed by atoms with Crippen LogP contribution in [0.2, 0.25) is 0 Å². The van der Waals surface area contributed by atoms with Crippen molar-refractivity contribution in [3.05, 3.63) is 85.7 Å². The van der Waals surface area contributed by atoms with Crippen molar-refractivity contribution in [3.8, 4) is 0 Å². The predicted molar refractivity (Wildman–Crippen MR) is 148 cm³/mol. The standard InChI is InChI=1S/C9H12.C7H10O.C5H12.C3H6.2C2H6.H4N2/c1-8(2)9-6-4-3-5-7-9;1-4-6-7(5-2)8-3;1-3-5-4-2;1-3-2;3*1-2/h3-8H,1-2H3;4-6H,1-2H2,3H3;3-5H2,1-2H3;3H,1H2,2H3;2*1-2H3;1-2H2/b;7-6+;;;;;. The van der Waals surface area contributed by atoms with Gasteiger partial charge in [-0.15, -0.1) is 6.58 Å². The van der Waals surface area contributed by atoms with E-state index in [1.807, 2.05) is 40.7 Å². The third-order valence-electron chi connectivity index (χ3n) is 2.89. The second kappa shape index (κ2) is 51.0. The lowest BCUT2D eigenvalue weighted by atomic mass is 10.0. The Kier molecular flexibility index (Phi) is 70.5. The lowest BCUT2D eigenvalue weighted by molar-refractivity contribution is 0.307. The number of allylic oxidation sites excluding steroid dienone is 4. The van der Waals surface area contributed by atoms with Crippen LogP contribution < -0.4 is 11.7 Å². The lowest BCUT2D eigenvalue weighted by Crippen LogP contribution is -2.02. The van der Waals surface area contributed by atoms with Gasteiger partial charge in [0.05, 0.1) is 7.11 Å². The summed E-state index contributed by atoms with van der Waals surface area (Å²) in [5.74, 6) is 9.39.